The van der Waals surface area contributed by atoms with Gasteiger partial charge in [0, 0.05) is 0 Å². The first-order valence-electron chi connectivity index (χ1n) is 4.85. The van der Waals surface area contributed by atoms with E-state index in [2.05, 4.69) is 6.58 Å². The monoisotopic (exact) mass is 200 g/mol. The van der Waals surface area contributed by atoms with E-state index < -0.39 is 5.41 Å². The molecule has 0 N–H and O–H groups in total. The zero-order chi connectivity index (χ0) is 10.7. The van der Waals surface area contributed by atoms with Gasteiger partial charge in [0.15, 0.2) is 0 Å². The van der Waals surface area contributed by atoms with Gasteiger partial charge in [-0.05, 0) is 18.1 Å². The summed E-state index contributed by atoms with van der Waals surface area (Å²) in [7, 11) is 0. The van der Waals surface area contributed by atoms with E-state index in [1.54, 1.807) is 12.2 Å². The highest BCUT2D eigenvalue weighted by Crippen LogP contribution is 2.35. The van der Waals surface area contributed by atoms with Gasteiger partial charge < -0.3 is 4.74 Å². The molecule has 1 aliphatic rings. The molecule has 1 aromatic carbocycles. The summed E-state index contributed by atoms with van der Waals surface area (Å²) in [6.07, 6.45) is 5.56. The molecule has 2 nitrogen and oxygen atoms in total. The number of allylic oxidation sites excluding steroid dienone is 1. The van der Waals surface area contributed by atoms with Gasteiger partial charge in [0.25, 0.3) is 0 Å². The van der Waals surface area contributed by atoms with Crippen LogP contribution in [-0.2, 0) is 14.9 Å². The topological polar surface area (TPSA) is 26.3 Å². The summed E-state index contributed by atoms with van der Waals surface area (Å²) < 4.78 is 4.91. The van der Waals surface area contributed by atoms with Crippen molar-refractivity contribution in [3.8, 4) is 0 Å². The van der Waals surface area contributed by atoms with E-state index >= 15 is 0 Å². The van der Waals surface area contributed by atoms with E-state index in [1.165, 1.54) is 6.26 Å². The molecule has 0 aromatic heterocycles. The first kappa shape index (κ1) is 9.71. The van der Waals surface area contributed by atoms with Gasteiger partial charge in [0.05, 0.1) is 6.26 Å². The first-order chi connectivity index (χ1) is 7.29. The smallest absolute Gasteiger partial charge is 0.325 e. The van der Waals surface area contributed by atoms with Crippen LogP contribution < -0.4 is 0 Å². The standard InChI is InChI=1S/C13H12O2/c1-2-8-13(9-10-15-12(13)14)11-6-4-3-5-7-11/h2-7,9-10H,1,8H2/t13-/m0/s1. The highest BCUT2D eigenvalue weighted by Gasteiger charge is 2.41. The van der Waals surface area contributed by atoms with Crippen LogP contribution in [0, 0.1) is 0 Å². The maximum Gasteiger partial charge on any atom is 0.325 e. The minimum atomic E-state index is -0.664. The molecule has 0 aliphatic carbocycles. The second-order valence-electron chi connectivity index (χ2n) is 3.54. The Labute approximate surface area is 88.9 Å². The molecule has 0 bridgehead atoms. The molecule has 2 rings (SSSR count). The molecule has 15 heavy (non-hydrogen) atoms. The summed E-state index contributed by atoms with van der Waals surface area (Å²) in [5, 5.41) is 0. The van der Waals surface area contributed by atoms with Crippen LogP contribution in [0.25, 0.3) is 0 Å². The molecule has 1 heterocycles. The van der Waals surface area contributed by atoms with E-state index in [0.717, 1.165) is 5.56 Å². The van der Waals surface area contributed by atoms with Crippen LogP contribution in [0.15, 0.2) is 55.3 Å². The van der Waals surface area contributed by atoms with E-state index in [-0.39, 0.29) is 5.97 Å². The summed E-state index contributed by atoms with van der Waals surface area (Å²) in [5.74, 6) is -0.228. The van der Waals surface area contributed by atoms with Crippen LogP contribution in [-0.4, -0.2) is 5.97 Å². The second-order valence-corrected chi connectivity index (χ2v) is 3.54. The van der Waals surface area contributed by atoms with Crippen molar-refractivity contribution in [1.29, 1.82) is 0 Å². The lowest BCUT2D eigenvalue weighted by Crippen LogP contribution is -2.30. The average Bonchev–Trinajstić information content (AvgIpc) is 2.63. The second kappa shape index (κ2) is 3.73. The van der Waals surface area contributed by atoms with Crippen molar-refractivity contribution in [1.82, 2.24) is 0 Å². The van der Waals surface area contributed by atoms with E-state index in [9.17, 15) is 4.79 Å². The highest BCUT2D eigenvalue weighted by atomic mass is 16.5. The normalized spacial score (nSPS) is 23.9. The van der Waals surface area contributed by atoms with Crippen molar-refractivity contribution in [2.45, 2.75) is 11.8 Å². The third-order valence-electron chi connectivity index (χ3n) is 2.65. The molecule has 0 saturated heterocycles. The molecule has 76 valence electrons. The Bertz CT molecular complexity index is 406. The molecule has 0 unspecified atom stereocenters. The van der Waals surface area contributed by atoms with E-state index in [1.807, 2.05) is 30.3 Å². The van der Waals surface area contributed by atoms with Gasteiger partial charge in [0.1, 0.15) is 5.41 Å². The highest BCUT2D eigenvalue weighted by molar-refractivity contribution is 5.88. The summed E-state index contributed by atoms with van der Waals surface area (Å²) in [5.41, 5.74) is 0.284. The maximum absolute atomic E-state index is 11.8. The van der Waals surface area contributed by atoms with Gasteiger partial charge in [-0.15, -0.1) is 6.58 Å². The Kier molecular flexibility index (Phi) is 2.42. The average molecular weight is 200 g/mol. The number of benzene rings is 1. The molecule has 0 fully saturated rings. The lowest BCUT2D eigenvalue weighted by molar-refractivity contribution is -0.140. The zero-order valence-corrected chi connectivity index (χ0v) is 8.35. The summed E-state index contributed by atoms with van der Waals surface area (Å²) in [4.78, 5) is 11.8. The predicted octanol–water partition coefficient (Wildman–Crippen LogP) is 2.57. The van der Waals surface area contributed by atoms with Crippen LogP contribution in [0.4, 0.5) is 0 Å². The van der Waals surface area contributed by atoms with Crippen LogP contribution in [0.5, 0.6) is 0 Å². The third-order valence-corrected chi connectivity index (χ3v) is 2.65. The van der Waals surface area contributed by atoms with Crippen molar-refractivity contribution in [3.63, 3.8) is 0 Å². The number of cyclic esters (lactones) is 1. The fourth-order valence-electron chi connectivity index (χ4n) is 1.83. The molecule has 0 radical (unpaired) electrons. The van der Waals surface area contributed by atoms with Crippen LogP contribution in [0.3, 0.4) is 0 Å². The molecular formula is C13H12O2. The molecular weight excluding hydrogens is 188 g/mol. The summed E-state index contributed by atoms with van der Waals surface area (Å²) in [6, 6.07) is 9.62. The first-order valence-corrected chi connectivity index (χ1v) is 4.85. The van der Waals surface area contributed by atoms with E-state index in [4.69, 9.17) is 4.74 Å². The van der Waals surface area contributed by atoms with Crippen molar-refractivity contribution in [2.24, 2.45) is 0 Å². The van der Waals surface area contributed by atoms with Gasteiger partial charge >= 0.3 is 5.97 Å². The molecule has 1 atom stereocenters. The fourth-order valence-corrected chi connectivity index (χ4v) is 1.83. The van der Waals surface area contributed by atoms with Crippen molar-refractivity contribution < 1.29 is 9.53 Å². The molecule has 0 amide bonds. The summed E-state index contributed by atoms with van der Waals surface area (Å²) >= 11 is 0. The Balaban J connectivity index is 2.48. The van der Waals surface area contributed by atoms with E-state index in [0.29, 0.717) is 6.42 Å². The Morgan fingerprint density at radius 3 is 2.60 bits per heavy atom. The number of carbonyl (C=O) groups is 1. The lowest BCUT2D eigenvalue weighted by atomic mass is 9.78. The molecule has 0 spiro atoms. The molecule has 1 aliphatic heterocycles. The predicted molar refractivity (Wildman–Crippen MR) is 58.2 cm³/mol. The minimum absolute atomic E-state index is 0.228. The van der Waals surface area contributed by atoms with Gasteiger partial charge in [0.2, 0.25) is 0 Å². The summed E-state index contributed by atoms with van der Waals surface area (Å²) in [6.45, 7) is 3.69. The zero-order valence-electron chi connectivity index (χ0n) is 8.35. The SMILES string of the molecule is C=CC[C@@]1(c2ccccc2)C=COC1=O. The molecule has 0 saturated carbocycles. The van der Waals surface area contributed by atoms with Crippen molar-refractivity contribution >= 4 is 5.97 Å². The number of ether oxygens (including phenoxy) is 1. The van der Waals surface area contributed by atoms with Gasteiger partial charge in [-0.2, -0.15) is 0 Å². The number of hydrogen-bond donors (Lipinski definition) is 0. The fraction of sp³-hybridized carbons (Fsp3) is 0.154. The van der Waals surface area contributed by atoms with Gasteiger partial charge in [-0.3, -0.25) is 4.79 Å². The van der Waals surface area contributed by atoms with Crippen LogP contribution in [0.2, 0.25) is 0 Å². The minimum Gasteiger partial charge on any atom is -0.434 e. The Morgan fingerprint density at radius 2 is 2.07 bits per heavy atom. The van der Waals surface area contributed by atoms with Crippen molar-refractivity contribution in [2.75, 3.05) is 0 Å². The number of carbonyl (C=O) groups excluding carboxylic acids is 1. The maximum atomic E-state index is 11.8. The third kappa shape index (κ3) is 1.48. The lowest BCUT2D eigenvalue weighted by Gasteiger charge is -2.22. The molecule has 2 heteroatoms. The van der Waals surface area contributed by atoms with Crippen molar-refractivity contribution in [3.05, 3.63) is 60.9 Å². The van der Waals surface area contributed by atoms with Crippen LogP contribution in [0.1, 0.15) is 12.0 Å². The largest absolute Gasteiger partial charge is 0.434 e. The Hall–Kier alpha value is -1.83. The van der Waals surface area contributed by atoms with Gasteiger partial charge in [-0.1, -0.05) is 36.4 Å². The number of esters is 1. The quantitative estimate of drug-likeness (QED) is 0.553. The van der Waals surface area contributed by atoms with Crippen LogP contribution >= 0.6 is 0 Å². The number of rotatable bonds is 3. The Morgan fingerprint density at radius 1 is 1.33 bits per heavy atom. The van der Waals surface area contributed by atoms with Gasteiger partial charge in [-0.25, -0.2) is 0 Å². The molecule has 1 aromatic rings. The number of hydrogen-bond acceptors (Lipinski definition) is 2.